The van der Waals surface area contributed by atoms with Gasteiger partial charge < -0.3 is 5.32 Å². The third-order valence-corrected chi connectivity index (χ3v) is 5.47. The number of carbonyl (C=O) groups is 1. The molecule has 0 unspecified atom stereocenters. The number of hydrogen-bond donors (Lipinski definition) is 1. The van der Waals surface area contributed by atoms with E-state index < -0.39 is 35.1 Å². The Balaban J connectivity index is 1.68. The van der Waals surface area contributed by atoms with Crippen molar-refractivity contribution in [3.63, 3.8) is 0 Å². The summed E-state index contributed by atoms with van der Waals surface area (Å²) in [5.41, 5.74) is -1.19. The van der Waals surface area contributed by atoms with Crippen molar-refractivity contribution in [1.82, 2.24) is 9.38 Å². The van der Waals surface area contributed by atoms with E-state index in [0.29, 0.717) is 22.8 Å². The number of thiazole rings is 1. The largest absolute Gasteiger partial charge is 0.416 e. The summed E-state index contributed by atoms with van der Waals surface area (Å²) in [5, 5.41) is 3.56. The third-order valence-electron chi connectivity index (χ3n) is 4.63. The van der Waals surface area contributed by atoms with Gasteiger partial charge in [0.05, 0.1) is 16.8 Å². The molecule has 0 fully saturated rings. The number of aromatic nitrogens is 2. The quantitative estimate of drug-likeness (QED) is 0.341. The highest BCUT2D eigenvalue weighted by Crippen LogP contribution is 2.37. The van der Waals surface area contributed by atoms with Crippen LogP contribution in [0.25, 0.3) is 16.2 Å². The van der Waals surface area contributed by atoms with E-state index in [1.807, 2.05) is 31.2 Å². The number of rotatable bonds is 3. The van der Waals surface area contributed by atoms with Crippen molar-refractivity contribution in [3.8, 4) is 11.3 Å². The number of aryl methyl sites for hydroxylation is 1. The minimum Gasteiger partial charge on any atom is -0.321 e. The Hall–Kier alpha value is -3.34. The Morgan fingerprint density at radius 3 is 2.12 bits per heavy atom. The van der Waals surface area contributed by atoms with Crippen LogP contribution in [0.3, 0.4) is 0 Å². The van der Waals surface area contributed by atoms with Gasteiger partial charge in [-0.3, -0.25) is 9.20 Å². The van der Waals surface area contributed by atoms with Crippen molar-refractivity contribution in [3.05, 3.63) is 76.4 Å². The van der Waals surface area contributed by atoms with Gasteiger partial charge in [-0.1, -0.05) is 29.8 Å². The monoisotopic (exact) mass is 469 g/mol. The Kier molecular flexibility index (Phi) is 5.24. The van der Waals surface area contributed by atoms with Crippen molar-refractivity contribution < 1.29 is 31.1 Å². The first-order chi connectivity index (χ1) is 14.9. The molecule has 0 radical (unpaired) electrons. The molecule has 0 spiro atoms. The molecule has 1 amide bonds. The maximum atomic E-state index is 13.1. The average molecular weight is 469 g/mol. The molecule has 4 nitrogen and oxygen atoms in total. The normalized spacial score (nSPS) is 12.3. The number of amides is 1. The van der Waals surface area contributed by atoms with Gasteiger partial charge in [0.15, 0.2) is 4.96 Å². The van der Waals surface area contributed by atoms with E-state index in [1.165, 1.54) is 9.78 Å². The van der Waals surface area contributed by atoms with Crippen molar-refractivity contribution >= 4 is 27.9 Å². The summed E-state index contributed by atoms with van der Waals surface area (Å²) < 4.78 is 79.8. The van der Waals surface area contributed by atoms with Crippen molar-refractivity contribution in [2.24, 2.45) is 0 Å². The number of nitrogens with zero attached hydrogens (tertiary/aromatic N) is 2. The summed E-state index contributed by atoms with van der Waals surface area (Å²) in [6.45, 7) is 1.93. The second-order valence-corrected chi connectivity index (χ2v) is 7.85. The van der Waals surface area contributed by atoms with Gasteiger partial charge in [0.1, 0.15) is 5.69 Å². The number of nitrogens with one attached hydrogen (secondary N) is 1. The Morgan fingerprint density at radius 1 is 0.969 bits per heavy atom. The Bertz CT molecular complexity index is 1270. The van der Waals surface area contributed by atoms with E-state index in [9.17, 15) is 31.1 Å². The molecule has 4 aromatic rings. The van der Waals surface area contributed by atoms with Crippen LogP contribution in [0.15, 0.2) is 54.0 Å². The number of hydrogen-bond acceptors (Lipinski definition) is 3. The van der Waals surface area contributed by atoms with Gasteiger partial charge in [-0.2, -0.15) is 26.3 Å². The standard InChI is InChI=1S/C21H13F6N3OS/c1-11-2-4-12(5-3-11)16-9-30-17(10-32-19(30)29-16)18(31)28-15-7-13(20(22,23)24)6-14(8-15)21(25,26)27/h2-10H,1H3,(H,28,31). The zero-order chi connectivity index (χ0) is 23.3. The van der Waals surface area contributed by atoms with Crippen LogP contribution in [0, 0.1) is 6.92 Å². The number of alkyl halides is 6. The van der Waals surface area contributed by atoms with Gasteiger partial charge in [0, 0.05) is 22.8 Å². The van der Waals surface area contributed by atoms with Crippen molar-refractivity contribution in [1.29, 1.82) is 0 Å². The lowest BCUT2D eigenvalue weighted by Crippen LogP contribution is -2.17. The highest BCUT2D eigenvalue weighted by Gasteiger charge is 2.37. The summed E-state index contributed by atoms with van der Waals surface area (Å²) >= 11 is 1.12. The first kappa shape index (κ1) is 21.9. The molecule has 0 aliphatic heterocycles. The van der Waals surface area contributed by atoms with E-state index in [0.717, 1.165) is 22.5 Å². The fraction of sp³-hybridized carbons (Fsp3) is 0.143. The fourth-order valence-corrected chi connectivity index (χ4v) is 3.89. The molecule has 0 aliphatic rings. The number of halogens is 6. The molecule has 2 heterocycles. The van der Waals surface area contributed by atoms with Crippen LogP contribution in [0.1, 0.15) is 27.2 Å². The van der Waals surface area contributed by atoms with Crippen LogP contribution in [0.2, 0.25) is 0 Å². The van der Waals surface area contributed by atoms with Crippen molar-refractivity contribution in [2.75, 3.05) is 5.32 Å². The number of anilines is 1. The predicted molar refractivity (Wildman–Crippen MR) is 108 cm³/mol. The van der Waals surface area contributed by atoms with Gasteiger partial charge in [-0.05, 0) is 25.1 Å². The molecule has 0 saturated heterocycles. The first-order valence-electron chi connectivity index (χ1n) is 9.06. The number of fused-ring (bicyclic) bond motifs is 1. The molecule has 0 aliphatic carbocycles. The van der Waals surface area contributed by atoms with Crippen LogP contribution < -0.4 is 5.32 Å². The van der Waals surface area contributed by atoms with Crippen LogP contribution >= 0.6 is 11.3 Å². The summed E-state index contributed by atoms with van der Waals surface area (Å²) in [6, 6.07) is 8.41. The molecule has 0 bridgehead atoms. The molecular weight excluding hydrogens is 456 g/mol. The third kappa shape index (κ3) is 4.33. The van der Waals surface area contributed by atoms with Crippen LogP contribution in [-0.2, 0) is 12.4 Å². The second-order valence-electron chi connectivity index (χ2n) is 7.01. The smallest absolute Gasteiger partial charge is 0.321 e. The molecule has 2 aromatic carbocycles. The van der Waals surface area contributed by atoms with Crippen LogP contribution in [-0.4, -0.2) is 15.3 Å². The first-order valence-corrected chi connectivity index (χ1v) is 9.94. The van der Waals surface area contributed by atoms with Crippen LogP contribution in [0.4, 0.5) is 32.0 Å². The molecule has 4 rings (SSSR count). The Morgan fingerprint density at radius 2 is 1.56 bits per heavy atom. The number of carbonyl (C=O) groups excluding carboxylic acids is 1. The highest BCUT2D eigenvalue weighted by atomic mass is 32.1. The maximum absolute atomic E-state index is 13.1. The minimum atomic E-state index is -5.01. The molecule has 0 saturated carbocycles. The molecular formula is C21H13F6N3OS. The van der Waals surface area contributed by atoms with E-state index in [4.69, 9.17) is 0 Å². The van der Waals surface area contributed by atoms with E-state index in [2.05, 4.69) is 10.3 Å². The van der Waals surface area contributed by atoms with Gasteiger partial charge in [0.2, 0.25) is 0 Å². The molecule has 32 heavy (non-hydrogen) atoms. The van der Waals surface area contributed by atoms with Gasteiger partial charge >= 0.3 is 12.4 Å². The summed E-state index contributed by atoms with van der Waals surface area (Å²) in [7, 11) is 0. The lowest BCUT2D eigenvalue weighted by atomic mass is 10.1. The van der Waals surface area contributed by atoms with E-state index in [1.54, 1.807) is 6.20 Å². The summed E-state index contributed by atoms with van der Waals surface area (Å²) in [6.07, 6.45) is -8.44. The van der Waals surface area contributed by atoms with E-state index >= 15 is 0 Å². The number of imidazole rings is 1. The summed E-state index contributed by atoms with van der Waals surface area (Å²) in [5.74, 6) is -0.864. The average Bonchev–Trinajstić information content (AvgIpc) is 3.27. The molecule has 1 N–H and O–H groups in total. The molecule has 0 atom stereocenters. The second kappa shape index (κ2) is 7.66. The maximum Gasteiger partial charge on any atom is 0.416 e. The van der Waals surface area contributed by atoms with Gasteiger partial charge in [-0.15, -0.1) is 11.3 Å². The molecule has 2 aromatic heterocycles. The molecule has 11 heteroatoms. The topological polar surface area (TPSA) is 46.4 Å². The van der Waals surface area contributed by atoms with Crippen molar-refractivity contribution in [2.45, 2.75) is 19.3 Å². The highest BCUT2D eigenvalue weighted by molar-refractivity contribution is 7.15. The lowest BCUT2D eigenvalue weighted by Gasteiger charge is -2.14. The van der Waals surface area contributed by atoms with Gasteiger partial charge in [-0.25, -0.2) is 4.98 Å². The zero-order valence-corrected chi connectivity index (χ0v) is 17.0. The Labute approximate surface area is 181 Å². The minimum absolute atomic E-state index is 0.00215. The fourth-order valence-electron chi connectivity index (χ4n) is 3.03. The van der Waals surface area contributed by atoms with Gasteiger partial charge in [0.25, 0.3) is 5.91 Å². The summed E-state index contributed by atoms with van der Waals surface area (Å²) in [4.78, 5) is 17.6. The zero-order valence-electron chi connectivity index (χ0n) is 16.2. The number of benzene rings is 2. The van der Waals surface area contributed by atoms with E-state index in [-0.39, 0.29) is 11.8 Å². The van der Waals surface area contributed by atoms with Crippen LogP contribution in [0.5, 0.6) is 0 Å². The SMILES string of the molecule is Cc1ccc(-c2cn3c(C(=O)Nc4cc(C(F)(F)F)cc(C(F)(F)F)c4)csc3n2)cc1. The lowest BCUT2D eigenvalue weighted by molar-refractivity contribution is -0.143. The predicted octanol–water partition coefficient (Wildman–Crippen LogP) is 6.66. The molecule has 166 valence electrons.